The van der Waals surface area contributed by atoms with Crippen molar-refractivity contribution in [2.75, 3.05) is 27.3 Å². The molecule has 3 nitrogen and oxygen atoms in total. The Morgan fingerprint density at radius 2 is 1.70 bits per heavy atom. The number of nitrogens with zero attached hydrogens (tertiary/aromatic N) is 1. The minimum absolute atomic E-state index is 0. The number of hydrogen-bond acceptors (Lipinski definition) is 3. The van der Waals surface area contributed by atoms with E-state index in [1.54, 1.807) is 14.2 Å². The molecule has 2 fully saturated rings. The molecule has 1 saturated carbocycles. The third kappa shape index (κ3) is 2.83. The normalized spacial score (nSPS) is 29.6. The van der Waals surface area contributed by atoms with E-state index in [1.807, 2.05) is 0 Å². The fraction of sp³-hybridized carbons (Fsp3) is 0.684. The molecule has 4 heteroatoms. The Morgan fingerprint density at radius 1 is 0.957 bits per heavy atom. The summed E-state index contributed by atoms with van der Waals surface area (Å²) in [6.07, 6.45) is 8.24. The molecule has 1 aromatic carbocycles. The Hall–Kier alpha value is -0.930. The third-order valence-corrected chi connectivity index (χ3v) is 6.19. The zero-order valence-corrected chi connectivity index (χ0v) is 15.0. The number of fused-ring (bicyclic) bond motifs is 5. The second-order valence-corrected chi connectivity index (χ2v) is 7.13. The number of halogens is 1. The van der Waals surface area contributed by atoms with E-state index in [0.29, 0.717) is 6.04 Å². The number of methoxy groups -OCH3 is 2. The quantitative estimate of drug-likeness (QED) is 0.806. The fourth-order valence-corrected chi connectivity index (χ4v) is 5.12. The lowest BCUT2D eigenvalue weighted by Crippen LogP contribution is -2.47. The maximum Gasteiger partial charge on any atom is 0.161 e. The van der Waals surface area contributed by atoms with Gasteiger partial charge in [0.2, 0.25) is 0 Å². The minimum atomic E-state index is 0. The summed E-state index contributed by atoms with van der Waals surface area (Å²) >= 11 is 0. The summed E-state index contributed by atoms with van der Waals surface area (Å²) in [6.45, 7) is 2.48. The molecular weight excluding hydrogens is 310 g/mol. The van der Waals surface area contributed by atoms with E-state index in [-0.39, 0.29) is 12.4 Å². The van der Waals surface area contributed by atoms with Crippen molar-refractivity contribution in [3.8, 4) is 11.5 Å². The Labute approximate surface area is 145 Å². The monoisotopic (exact) mass is 337 g/mol. The molecule has 3 aliphatic rings. The lowest BCUT2D eigenvalue weighted by molar-refractivity contribution is 0.0162. The molecule has 1 aromatic rings. The standard InChI is InChI=1S/C19H27NO2.ClH/c1-21-17-11-14-8-10-20-9-7-13-5-3-4-6-15(13)19(20)16(14)12-18(17)22-2;/h11-13,15,19H,3-10H2,1-2H3;1H. The predicted molar refractivity (Wildman–Crippen MR) is 94.9 cm³/mol. The highest BCUT2D eigenvalue weighted by Gasteiger charge is 2.42. The van der Waals surface area contributed by atoms with Gasteiger partial charge in [-0.3, -0.25) is 4.90 Å². The van der Waals surface area contributed by atoms with Crippen molar-refractivity contribution < 1.29 is 9.47 Å². The predicted octanol–water partition coefficient (Wildman–Crippen LogP) is 4.23. The zero-order valence-electron chi connectivity index (χ0n) is 14.2. The highest BCUT2D eigenvalue weighted by Crippen LogP contribution is 2.50. The lowest BCUT2D eigenvalue weighted by Gasteiger charge is -2.50. The molecule has 1 saturated heterocycles. The first-order valence-electron chi connectivity index (χ1n) is 8.80. The molecule has 4 rings (SSSR count). The summed E-state index contributed by atoms with van der Waals surface area (Å²) in [4.78, 5) is 2.74. The van der Waals surface area contributed by atoms with E-state index < -0.39 is 0 Å². The first-order valence-corrected chi connectivity index (χ1v) is 8.80. The van der Waals surface area contributed by atoms with Crippen LogP contribution < -0.4 is 9.47 Å². The molecule has 0 aromatic heterocycles. The summed E-state index contributed by atoms with van der Waals surface area (Å²) < 4.78 is 11.1. The molecular formula is C19H28ClNO2. The van der Waals surface area contributed by atoms with Crippen LogP contribution >= 0.6 is 12.4 Å². The summed E-state index contributed by atoms with van der Waals surface area (Å²) in [5, 5.41) is 0. The third-order valence-electron chi connectivity index (χ3n) is 6.19. The highest BCUT2D eigenvalue weighted by atomic mass is 35.5. The van der Waals surface area contributed by atoms with Crippen LogP contribution in [0.1, 0.15) is 49.3 Å². The average Bonchev–Trinajstić information content (AvgIpc) is 2.59. The Balaban J connectivity index is 0.00000156. The molecule has 2 aliphatic heterocycles. The van der Waals surface area contributed by atoms with Crippen molar-refractivity contribution in [1.29, 1.82) is 0 Å². The molecule has 0 amide bonds. The molecule has 3 unspecified atom stereocenters. The number of rotatable bonds is 2. The summed E-state index contributed by atoms with van der Waals surface area (Å²) in [5.41, 5.74) is 2.99. The van der Waals surface area contributed by atoms with Crippen LogP contribution in [-0.4, -0.2) is 32.2 Å². The molecule has 0 radical (unpaired) electrons. The van der Waals surface area contributed by atoms with Crippen molar-refractivity contribution in [3.63, 3.8) is 0 Å². The van der Waals surface area contributed by atoms with Gasteiger partial charge in [0.1, 0.15) is 0 Å². The van der Waals surface area contributed by atoms with Gasteiger partial charge in [-0.1, -0.05) is 19.3 Å². The first kappa shape index (κ1) is 16.9. The van der Waals surface area contributed by atoms with Crippen LogP contribution in [0.15, 0.2) is 12.1 Å². The van der Waals surface area contributed by atoms with E-state index in [1.165, 1.54) is 56.3 Å². The summed E-state index contributed by atoms with van der Waals surface area (Å²) in [7, 11) is 3.48. The minimum Gasteiger partial charge on any atom is -0.493 e. The lowest BCUT2D eigenvalue weighted by atomic mass is 9.67. The molecule has 128 valence electrons. The molecule has 2 heterocycles. The molecule has 0 N–H and O–H groups in total. The van der Waals surface area contributed by atoms with Crippen LogP contribution in [-0.2, 0) is 6.42 Å². The summed E-state index contributed by atoms with van der Waals surface area (Å²) in [6, 6.07) is 5.10. The van der Waals surface area contributed by atoms with Crippen LogP contribution in [0.25, 0.3) is 0 Å². The van der Waals surface area contributed by atoms with Crippen molar-refractivity contribution in [2.24, 2.45) is 11.8 Å². The Bertz CT molecular complexity index is 563. The van der Waals surface area contributed by atoms with E-state index in [4.69, 9.17) is 9.47 Å². The molecule has 0 spiro atoms. The highest BCUT2D eigenvalue weighted by molar-refractivity contribution is 5.85. The van der Waals surface area contributed by atoms with Gasteiger partial charge in [0.25, 0.3) is 0 Å². The number of benzene rings is 1. The van der Waals surface area contributed by atoms with Gasteiger partial charge >= 0.3 is 0 Å². The number of hydrogen-bond donors (Lipinski definition) is 0. The molecule has 23 heavy (non-hydrogen) atoms. The average molecular weight is 338 g/mol. The van der Waals surface area contributed by atoms with E-state index in [2.05, 4.69) is 17.0 Å². The van der Waals surface area contributed by atoms with Crippen molar-refractivity contribution in [2.45, 2.75) is 44.6 Å². The van der Waals surface area contributed by atoms with E-state index >= 15 is 0 Å². The second-order valence-electron chi connectivity index (χ2n) is 7.13. The van der Waals surface area contributed by atoms with Crippen LogP contribution in [0.3, 0.4) is 0 Å². The molecule has 3 atom stereocenters. The maximum atomic E-state index is 5.57. The van der Waals surface area contributed by atoms with Crippen molar-refractivity contribution in [3.05, 3.63) is 23.3 Å². The smallest absolute Gasteiger partial charge is 0.161 e. The van der Waals surface area contributed by atoms with Gasteiger partial charge in [-0.15, -0.1) is 12.4 Å². The molecule has 1 aliphatic carbocycles. The first-order chi connectivity index (χ1) is 10.8. The second kappa shape index (κ2) is 6.90. The SMILES string of the molecule is COc1cc2c(cc1OC)C1C3CCCCC3CCN1CC2.Cl. The largest absolute Gasteiger partial charge is 0.493 e. The van der Waals surface area contributed by atoms with Crippen molar-refractivity contribution >= 4 is 12.4 Å². The van der Waals surface area contributed by atoms with Gasteiger partial charge in [0, 0.05) is 12.6 Å². The Morgan fingerprint density at radius 3 is 2.48 bits per heavy atom. The number of ether oxygens (including phenoxy) is 2. The van der Waals surface area contributed by atoms with Crippen LogP contribution in [0, 0.1) is 11.8 Å². The van der Waals surface area contributed by atoms with Crippen LogP contribution in [0.4, 0.5) is 0 Å². The summed E-state index contributed by atoms with van der Waals surface area (Å²) in [5.74, 6) is 3.56. The van der Waals surface area contributed by atoms with Gasteiger partial charge in [-0.05, 0) is 60.9 Å². The van der Waals surface area contributed by atoms with Gasteiger partial charge in [0.05, 0.1) is 14.2 Å². The maximum absolute atomic E-state index is 5.57. The number of piperidine rings is 1. The van der Waals surface area contributed by atoms with Gasteiger partial charge in [-0.25, -0.2) is 0 Å². The van der Waals surface area contributed by atoms with Crippen LogP contribution in [0.5, 0.6) is 11.5 Å². The fourth-order valence-electron chi connectivity index (χ4n) is 5.12. The van der Waals surface area contributed by atoms with Gasteiger partial charge in [-0.2, -0.15) is 0 Å². The van der Waals surface area contributed by atoms with Gasteiger partial charge in [0.15, 0.2) is 11.5 Å². The van der Waals surface area contributed by atoms with Gasteiger partial charge < -0.3 is 9.47 Å². The zero-order chi connectivity index (χ0) is 15.1. The topological polar surface area (TPSA) is 21.7 Å². The molecule has 0 bridgehead atoms. The van der Waals surface area contributed by atoms with E-state index in [9.17, 15) is 0 Å². The Kier molecular flexibility index (Phi) is 5.07. The van der Waals surface area contributed by atoms with E-state index in [0.717, 1.165) is 29.8 Å². The van der Waals surface area contributed by atoms with Crippen LogP contribution in [0.2, 0.25) is 0 Å². The van der Waals surface area contributed by atoms with Crippen molar-refractivity contribution in [1.82, 2.24) is 4.90 Å².